The molecule has 2 aromatic rings. The summed E-state index contributed by atoms with van der Waals surface area (Å²) in [4.78, 5) is 0. The van der Waals surface area contributed by atoms with Gasteiger partial charge in [0.1, 0.15) is 11.6 Å². The predicted molar refractivity (Wildman–Crippen MR) is 80.5 cm³/mol. The molecule has 0 aliphatic carbocycles. The average Bonchev–Trinajstić information content (AvgIpc) is 2.32. The highest BCUT2D eigenvalue weighted by Crippen LogP contribution is 2.28. The summed E-state index contributed by atoms with van der Waals surface area (Å²) in [5.41, 5.74) is 1.02. The van der Waals surface area contributed by atoms with Crippen LogP contribution in [-0.4, -0.2) is 0 Å². The molecule has 6 heteroatoms. The van der Waals surface area contributed by atoms with E-state index in [0.29, 0.717) is 16.0 Å². The van der Waals surface area contributed by atoms with Crippen LogP contribution in [0.1, 0.15) is 5.56 Å². The summed E-state index contributed by atoms with van der Waals surface area (Å²) >= 11 is 12.5. The Bertz CT molecular complexity index is 597. The monoisotopic (exact) mass is 409 g/mol. The van der Waals surface area contributed by atoms with Crippen molar-refractivity contribution in [2.45, 2.75) is 6.54 Å². The maximum atomic E-state index is 13.6. The van der Waals surface area contributed by atoms with Crippen LogP contribution in [0.5, 0.6) is 0 Å². The van der Waals surface area contributed by atoms with Gasteiger partial charge in [-0.25, -0.2) is 8.78 Å². The average molecular weight is 411 g/mol. The maximum Gasteiger partial charge on any atom is 0.150 e. The summed E-state index contributed by atoms with van der Waals surface area (Å²) in [6, 6.07) is 7.44. The van der Waals surface area contributed by atoms with Crippen LogP contribution in [0.2, 0.25) is 5.02 Å². The van der Waals surface area contributed by atoms with E-state index in [0.717, 1.165) is 16.1 Å². The molecular weight excluding hydrogens is 403 g/mol. The molecule has 0 bridgehead atoms. The molecule has 0 saturated heterocycles. The Balaban J connectivity index is 2.21. The molecule has 0 radical (unpaired) electrons. The third-order valence-corrected chi connectivity index (χ3v) is 3.96. The molecule has 0 aliphatic heterocycles. The zero-order chi connectivity index (χ0) is 14.0. The number of halogens is 5. The minimum atomic E-state index is -0.655. The van der Waals surface area contributed by atoms with Crippen molar-refractivity contribution in [1.82, 2.24) is 0 Å². The second-order valence-corrected chi connectivity index (χ2v) is 6.01. The largest absolute Gasteiger partial charge is 0.378 e. The molecule has 0 amide bonds. The number of hydrogen-bond acceptors (Lipinski definition) is 1. The van der Waals surface area contributed by atoms with E-state index < -0.39 is 11.6 Å². The first-order valence-corrected chi connectivity index (χ1v) is 7.26. The van der Waals surface area contributed by atoms with Crippen molar-refractivity contribution in [3.63, 3.8) is 0 Å². The Hall–Kier alpha value is -0.650. The van der Waals surface area contributed by atoms with E-state index in [1.165, 1.54) is 6.07 Å². The normalized spacial score (nSPS) is 10.6. The zero-order valence-electron chi connectivity index (χ0n) is 9.48. The zero-order valence-corrected chi connectivity index (χ0v) is 13.4. The predicted octanol–water partition coefficient (Wildman–Crippen LogP) is 5.76. The highest BCUT2D eigenvalue weighted by atomic mass is 79.9. The van der Waals surface area contributed by atoms with Crippen LogP contribution in [-0.2, 0) is 6.54 Å². The third kappa shape index (κ3) is 3.68. The first kappa shape index (κ1) is 14.8. The van der Waals surface area contributed by atoms with Gasteiger partial charge >= 0.3 is 0 Å². The lowest BCUT2D eigenvalue weighted by molar-refractivity contribution is 0.583. The van der Waals surface area contributed by atoms with Crippen LogP contribution >= 0.6 is 43.5 Å². The Morgan fingerprint density at radius 1 is 1.11 bits per heavy atom. The molecule has 2 rings (SSSR count). The molecule has 0 fully saturated rings. The minimum Gasteiger partial charge on any atom is -0.378 e. The minimum absolute atomic E-state index is 0.206. The van der Waals surface area contributed by atoms with Gasteiger partial charge in [0.25, 0.3) is 0 Å². The van der Waals surface area contributed by atoms with Gasteiger partial charge in [0.05, 0.1) is 5.69 Å². The van der Waals surface area contributed by atoms with Crippen LogP contribution in [0, 0.1) is 11.6 Å². The Kier molecular flexibility index (Phi) is 4.81. The van der Waals surface area contributed by atoms with E-state index in [2.05, 4.69) is 37.2 Å². The number of nitrogens with one attached hydrogen (secondary N) is 1. The van der Waals surface area contributed by atoms with Crippen molar-refractivity contribution in [2.75, 3.05) is 5.32 Å². The van der Waals surface area contributed by atoms with Crippen LogP contribution in [0.3, 0.4) is 0 Å². The van der Waals surface area contributed by atoms with Gasteiger partial charge in [-0.05, 0) is 45.8 Å². The van der Waals surface area contributed by atoms with Gasteiger partial charge in [-0.15, -0.1) is 0 Å². The molecule has 0 aliphatic rings. The summed E-state index contributed by atoms with van der Waals surface area (Å²) in [5.74, 6) is -1.28. The molecule has 1 nitrogen and oxygen atoms in total. The van der Waals surface area contributed by atoms with Crippen molar-refractivity contribution in [1.29, 1.82) is 0 Å². The quantitative estimate of drug-likeness (QED) is 0.678. The second-order valence-electron chi connectivity index (χ2n) is 3.83. The smallest absolute Gasteiger partial charge is 0.150 e. The lowest BCUT2D eigenvalue weighted by Crippen LogP contribution is -2.03. The van der Waals surface area contributed by atoms with E-state index >= 15 is 0 Å². The second kappa shape index (κ2) is 6.20. The Labute approximate surface area is 131 Å². The van der Waals surface area contributed by atoms with E-state index in [1.54, 1.807) is 6.07 Å². The summed E-state index contributed by atoms with van der Waals surface area (Å²) in [6.07, 6.45) is 0. The van der Waals surface area contributed by atoms with Crippen molar-refractivity contribution in [3.05, 3.63) is 61.5 Å². The first-order valence-electron chi connectivity index (χ1n) is 5.29. The van der Waals surface area contributed by atoms with Crippen LogP contribution in [0.25, 0.3) is 0 Å². The van der Waals surface area contributed by atoms with Crippen molar-refractivity contribution in [3.8, 4) is 0 Å². The van der Waals surface area contributed by atoms with Crippen LogP contribution in [0.4, 0.5) is 14.5 Å². The summed E-state index contributed by atoms with van der Waals surface area (Å²) in [7, 11) is 0. The van der Waals surface area contributed by atoms with Crippen LogP contribution in [0.15, 0.2) is 39.3 Å². The number of anilines is 1. The molecular formula is C13H8Br2ClF2N. The molecule has 0 aromatic heterocycles. The highest BCUT2D eigenvalue weighted by Gasteiger charge is 2.10. The molecule has 0 heterocycles. The van der Waals surface area contributed by atoms with E-state index in [4.69, 9.17) is 11.6 Å². The van der Waals surface area contributed by atoms with Gasteiger partial charge < -0.3 is 5.32 Å². The van der Waals surface area contributed by atoms with Crippen LogP contribution < -0.4 is 5.32 Å². The lowest BCUT2D eigenvalue weighted by atomic mass is 10.2. The van der Waals surface area contributed by atoms with E-state index in [9.17, 15) is 8.78 Å². The number of hydrogen-bond donors (Lipinski definition) is 1. The topological polar surface area (TPSA) is 12.0 Å². The highest BCUT2D eigenvalue weighted by molar-refractivity contribution is 9.10. The van der Waals surface area contributed by atoms with Crippen molar-refractivity contribution < 1.29 is 8.78 Å². The molecule has 100 valence electrons. The molecule has 2 aromatic carbocycles. The molecule has 0 atom stereocenters. The van der Waals surface area contributed by atoms with Crippen molar-refractivity contribution >= 4 is 49.1 Å². The molecule has 19 heavy (non-hydrogen) atoms. The standard InChI is InChI=1S/C13H8Br2ClF2N/c14-8-1-2-11(16)7(3-8)6-19-13-10(15)4-9(17)5-12(13)18/h1-5,19H,6H2. The third-order valence-electron chi connectivity index (χ3n) is 2.47. The van der Waals surface area contributed by atoms with Gasteiger partial charge in [0.2, 0.25) is 0 Å². The number of rotatable bonds is 3. The van der Waals surface area contributed by atoms with Gasteiger partial charge in [-0.3, -0.25) is 0 Å². The summed E-state index contributed by atoms with van der Waals surface area (Å²) < 4.78 is 27.8. The molecule has 1 N–H and O–H groups in total. The van der Waals surface area contributed by atoms with Gasteiger partial charge in [-0.2, -0.15) is 0 Å². The number of benzene rings is 2. The fourth-order valence-corrected chi connectivity index (χ4v) is 2.71. The fraction of sp³-hybridized carbons (Fsp3) is 0.0769. The Morgan fingerprint density at radius 2 is 1.84 bits per heavy atom. The van der Waals surface area contributed by atoms with Gasteiger partial charge in [0, 0.05) is 26.6 Å². The molecule has 0 saturated carbocycles. The van der Waals surface area contributed by atoms with E-state index in [-0.39, 0.29) is 5.69 Å². The SMILES string of the molecule is Fc1cc(F)c(NCc2cc(Br)ccc2Cl)c(Br)c1. The molecule has 0 spiro atoms. The summed E-state index contributed by atoms with van der Waals surface area (Å²) in [6.45, 7) is 0.333. The van der Waals surface area contributed by atoms with Gasteiger partial charge in [0.15, 0.2) is 0 Å². The lowest BCUT2D eigenvalue weighted by Gasteiger charge is -2.11. The van der Waals surface area contributed by atoms with Crippen molar-refractivity contribution in [2.24, 2.45) is 0 Å². The first-order chi connectivity index (χ1) is 8.97. The fourth-order valence-electron chi connectivity index (χ4n) is 1.57. The van der Waals surface area contributed by atoms with Gasteiger partial charge in [-0.1, -0.05) is 27.5 Å². The molecule has 0 unspecified atom stereocenters. The summed E-state index contributed by atoms with van der Waals surface area (Å²) in [5, 5.41) is 3.48. The Morgan fingerprint density at radius 3 is 2.53 bits per heavy atom. The maximum absolute atomic E-state index is 13.6. The van der Waals surface area contributed by atoms with E-state index in [1.807, 2.05) is 12.1 Å².